The van der Waals surface area contributed by atoms with Gasteiger partial charge in [-0.3, -0.25) is 4.90 Å². The van der Waals surface area contributed by atoms with E-state index in [1.807, 2.05) is 4.68 Å². The summed E-state index contributed by atoms with van der Waals surface area (Å²) in [6, 6.07) is 17.0. The van der Waals surface area contributed by atoms with Crippen molar-refractivity contribution in [3.8, 4) is 5.69 Å². The van der Waals surface area contributed by atoms with E-state index in [-0.39, 0.29) is 5.54 Å². The van der Waals surface area contributed by atoms with Gasteiger partial charge in [-0.2, -0.15) is 4.68 Å². The summed E-state index contributed by atoms with van der Waals surface area (Å²) in [4.78, 5) is 2.45. The van der Waals surface area contributed by atoms with Gasteiger partial charge < -0.3 is 0 Å². The number of aryl methyl sites for hydroxylation is 2. The van der Waals surface area contributed by atoms with Crippen molar-refractivity contribution < 1.29 is 0 Å². The van der Waals surface area contributed by atoms with Gasteiger partial charge in [0, 0.05) is 6.54 Å². The second-order valence-electron chi connectivity index (χ2n) is 7.74. The highest BCUT2D eigenvalue weighted by atomic mass is 15.6. The molecule has 0 bridgehead atoms. The van der Waals surface area contributed by atoms with Crippen LogP contribution < -0.4 is 0 Å². The predicted molar refractivity (Wildman–Crippen MR) is 107 cm³/mol. The third-order valence-corrected chi connectivity index (χ3v) is 5.96. The molecular weight excluding hydrogens is 334 g/mol. The molecule has 0 unspecified atom stereocenters. The largest absolute Gasteiger partial charge is 0.290 e. The maximum absolute atomic E-state index is 4.55. The lowest BCUT2D eigenvalue weighted by atomic mass is 9.93. The Morgan fingerprint density at radius 1 is 0.963 bits per heavy atom. The average Bonchev–Trinajstić information content (AvgIpc) is 3.32. The summed E-state index contributed by atoms with van der Waals surface area (Å²) in [7, 11) is 2.21. The smallest absolute Gasteiger partial charge is 0.176 e. The average molecular weight is 361 g/mol. The van der Waals surface area contributed by atoms with Gasteiger partial charge in [-0.25, -0.2) is 0 Å². The van der Waals surface area contributed by atoms with Crippen LogP contribution in [0.2, 0.25) is 0 Å². The quantitative estimate of drug-likeness (QED) is 0.684. The summed E-state index contributed by atoms with van der Waals surface area (Å²) in [6.45, 7) is 5.14. The molecule has 4 rings (SSSR count). The zero-order valence-corrected chi connectivity index (χ0v) is 16.4. The molecule has 1 saturated carbocycles. The van der Waals surface area contributed by atoms with Crippen LogP contribution in [0.25, 0.3) is 5.69 Å². The molecule has 0 amide bonds. The normalized spacial score (nSPS) is 16.1. The van der Waals surface area contributed by atoms with Crippen molar-refractivity contribution in [1.29, 1.82) is 0 Å². The van der Waals surface area contributed by atoms with Crippen LogP contribution in [0.3, 0.4) is 0 Å². The van der Waals surface area contributed by atoms with E-state index in [1.54, 1.807) is 0 Å². The van der Waals surface area contributed by atoms with Crippen molar-refractivity contribution in [2.45, 2.75) is 51.6 Å². The molecule has 0 saturated heterocycles. The number of para-hydroxylation sites is 1. The second-order valence-corrected chi connectivity index (χ2v) is 7.74. The van der Waals surface area contributed by atoms with Crippen LogP contribution in [0, 0.1) is 13.8 Å². The van der Waals surface area contributed by atoms with E-state index in [2.05, 4.69) is 89.9 Å². The number of benzene rings is 2. The lowest BCUT2D eigenvalue weighted by Crippen LogP contribution is -2.43. The fourth-order valence-electron chi connectivity index (χ4n) is 4.51. The van der Waals surface area contributed by atoms with E-state index >= 15 is 0 Å². The zero-order valence-electron chi connectivity index (χ0n) is 16.4. The van der Waals surface area contributed by atoms with Crippen molar-refractivity contribution in [2.75, 3.05) is 7.05 Å². The molecule has 0 aliphatic heterocycles. The number of aromatic nitrogens is 4. The maximum atomic E-state index is 4.55. The molecule has 1 heterocycles. The summed E-state index contributed by atoms with van der Waals surface area (Å²) in [5.41, 5.74) is 4.69. The first-order chi connectivity index (χ1) is 13.1. The molecule has 140 valence electrons. The van der Waals surface area contributed by atoms with Gasteiger partial charge in [0.05, 0.1) is 11.2 Å². The summed E-state index contributed by atoms with van der Waals surface area (Å²) in [5, 5.41) is 13.1. The van der Waals surface area contributed by atoms with Crippen LogP contribution in [0.1, 0.15) is 48.2 Å². The number of hydrogen-bond donors (Lipinski definition) is 0. The highest BCUT2D eigenvalue weighted by molar-refractivity contribution is 5.47. The third-order valence-electron chi connectivity index (χ3n) is 5.96. The summed E-state index contributed by atoms with van der Waals surface area (Å²) in [5.74, 6) is 0.968. The molecular formula is C22H27N5. The number of rotatable bonds is 5. The van der Waals surface area contributed by atoms with Gasteiger partial charge in [-0.05, 0) is 60.9 Å². The van der Waals surface area contributed by atoms with E-state index in [0.717, 1.165) is 30.9 Å². The molecule has 3 aromatic rings. The molecule has 5 nitrogen and oxygen atoms in total. The van der Waals surface area contributed by atoms with E-state index in [1.165, 1.54) is 29.5 Å². The Kier molecular flexibility index (Phi) is 4.79. The van der Waals surface area contributed by atoms with Crippen LogP contribution in [0.4, 0.5) is 0 Å². The lowest BCUT2D eigenvalue weighted by molar-refractivity contribution is 0.102. The second kappa shape index (κ2) is 7.24. The van der Waals surface area contributed by atoms with Gasteiger partial charge in [-0.15, -0.1) is 5.10 Å². The van der Waals surface area contributed by atoms with Crippen LogP contribution in [-0.4, -0.2) is 32.2 Å². The van der Waals surface area contributed by atoms with Crippen molar-refractivity contribution in [2.24, 2.45) is 0 Å². The summed E-state index contributed by atoms with van der Waals surface area (Å²) < 4.78 is 1.98. The Bertz CT molecular complexity index is 889. The summed E-state index contributed by atoms with van der Waals surface area (Å²) in [6.07, 6.45) is 4.58. The van der Waals surface area contributed by atoms with Crippen molar-refractivity contribution in [3.63, 3.8) is 0 Å². The zero-order chi connectivity index (χ0) is 18.9. The highest BCUT2D eigenvalue weighted by Gasteiger charge is 2.44. The minimum Gasteiger partial charge on any atom is -0.290 e. The lowest BCUT2D eigenvalue weighted by Gasteiger charge is -2.37. The Balaban J connectivity index is 1.77. The van der Waals surface area contributed by atoms with E-state index < -0.39 is 0 Å². The minimum absolute atomic E-state index is 0.131. The molecule has 1 aromatic heterocycles. The Morgan fingerprint density at radius 2 is 1.63 bits per heavy atom. The van der Waals surface area contributed by atoms with Gasteiger partial charge in [0.25, 0.3) is 0 Å². The topological polar surface area (TPSA) is 46.8 Å². The summed E-state index contributed by atoms with van der Waals surface area (Å²) >= 11 is 0. The van der Waals surface area contributed by atoms with Crippen LogP contribution in [-0.2, 0) is 12.1 Å². The van der Waals surface area contributed by atoms with Gasteiger partial charge >= 0.3 is 0 Å². The van der Waals surface area contributed by atoms with Gasteiger partial charge in [0.1, 0.15) is 0 Å². The maximum Gasteiger partial charge on any atom is 0.176 e. The third kappa shape index (κ3) is 3.16. The molecule has 0 atom stereocenters. The van der Waals surface area contributed by atoms with Crippen LogP contribution in [0.15, 0.2) is 48.5 Å². The van der Waals surface area contributed by atoms with Gasteiger partial charge in [0.15, 0.2) is 5.82 Å². The Morgan fingerprint density at radius 3 is 2.30 bits per heavy atom. The fraction of sp³-hybridized carbons (Fsp3) is 0.409. The fourth-order valence-corrected chi connectivity index (χ4v) is 4.51. The Hall–Kier alpha value is -2.53. The molecule has 5 heteroatoms. The van der Waals surface area contributed by atoms with E-state index in [0.29, 0.717) is 0 Å². The van der Waals surface area contributed by atoms with Crippen LogP contribution >= 0.6 is 0 Å². The molecule has 1 aliphatic rings. The van der Waals surface area contributed by atoms with Crippen molar-refractivity contribution in [1.82, 2.24) is 25.1 Å². The molecule has 0 radical (unpaired) electrons. The van der Waals surface area contributed by atoms with Gasteiger partial charge in [-0.1, -0.05) is 61.4 Å². The molecule has 0 N–H and O–H groups in total. The Labute approximate surface area is 161 Å². The molecule has 27 heavy (non-hydrogen) atoms. The van der Waals surface area contributed by atoms with E-state index in [9.17, 15) is 0 Å². The van der Waals surface area contributed by atoms with Gasteiger partial charge in [0.2, 0.25) is 0 Å². The van der Waals surface area contributed by atoms with Crippen LogP contribution in [0.5, 0.6) is 0 Å². The van der Waals surface area contributed by atoms with E-state index in [4.69, 9.17) is 0 Å². The number of hydrogen-bond acceptors (Lipinski definition) is 4. The monoisotopic (exact) mass is 361 g/mol. The molecule has 1 fully saturated rings. The first-order valence-electron chi connectivity index (χ1n) is 9.72. The molecule has 1 aliphatic carbocycles. The SMILES string of the molecule is Cc1cccc(C)c1-n1nnnc1C1(N(C)Cc2ccccc2)CCCC1. The molecule has 2 aromatic carbocycles. The first kappa shape index (κ1) is 17.9. The number of nitrogens with zero attached hydrogens (tertiary/aromatic N) is 5. The predicted octanol–water partition coefficient (Wildman–Crippen LogP) is 4.18. The molecule has 0 spiro atoms. The number of tetrazole rings is 1. The van der Waals surface area contributed by atoms with Crippen molar-refractivity contribution in [3.05, 3.63) is 71.0 Å². The first-order valence-corrected chi connectivity index (χ1v) is 9.72. The standard InChI is InChI=1S/C22H27N5/c1-17-10-9-11-18(2)20(17)27-21(23-24-25-27)22(14-7-8-15-22)26(3)16-19-12-5-4-6-13-19/h4-6,9-13H,7-8,14-16H2,1-3H3. The van der Waals surface area contributed by atoms with Crippen molar-refractivity contribution >= 4 is 0 Å². The minimum atomic E-state index is -0.131. The highest BCUT2D eigenvalue weighted by Crippen LogP contribution is 2.43.